The molecule has 0 unspecified atom stereocenters. The summed E-state index contributed by atoms with van der Waals surface area (Å²) in [5, 5.41) is 11.4. The molecule has 0 radical (unpaired) electrons. The van der Waals surface area contributed by atoms with Gasteiger partial charge in [0.2, 0.25) is 0 Å². The molecule has 1 rings (SSSR count). The number of nitrogens with one attached hydrogen (secondary N) is 1. The Morgan fingerprint density at radius 1 is 1.53 bits per heavy atom. The molecule has 0 spiro atoms. The summed E-state index contributed by atoms with van der Waals surface area (Å²) in [4.78, 5) is 22.5. The Labute approximate surface area is 100 Å². The second-order valence-electron chi connectivity index (χ2n) is 4.74. The van der Waals surface area contributed by atoms with Crippen LogP contribution >= 0.6 is 0 Å². The number of rotatable bonds is 5. The lowest BCUT2D eigenvalue weighted by atomic mass is 10.0. The number of carbonyl (C=O) groups excluding carboxylic acids is 2. The van der Waals surface area contributed by atoms with Crippen LogP contribution in [0.3, 0.4) is 0 Å². The highest BCUT2D eigenvalue weighted by atomic mass is 16.6. The van der Waals surface area contributed by atoms with Crippen LogP contribution in [-0.4, -0.2) is 23.6 Å². The second-order valence-corrected chi connectivity index (χ2v) is 4.74. The standard InChI is InChI=1S/C11H17N3O3/c1-7(2)5-8(17-10(13)16)9(15)14-11(6-12)3-4-11/h7-8H,3-5H2,1-2H3,(H2,13,16)(H,14,15)/t8-/m0/s1. The lowest BCUT2D eigenvalue weighted by Gasteiger charge is -2.19. The quantitative estimate of drug-likeness (QED) is 0.735. The van der Waals surface area contributed by atoms with Crippen molar-refractivity contribution in [3.63, 3.8) is 0 Å². The van der Waals surface area contributed by atoms with Crippen molar-refractivity contribution in [3.05, 3.63) is 0 Å². The van der Waals surface area contributed by atoms with E-state index in [4.69, 9.17) is 15.7 Å². The molecule has 1 saturated carbocycles. The Bertz CT molecular complexity index is 355. The Balaban J connectivity index is 2.59. The van der Waals surface area contributed by atoms with Crippen molar-refractivity contribution in [2.45, 2.75) is 44.8 Å². The first kappa shape index (κ1) is 13.3. The Hall–Kier alpha value is -1.77. The minimum atomic E-state index is -0.979. The fraction of sp³-hybridized carbons (Fsp3) is 0.727. The lowest BCUT2D eigenvalue weighted by Crippen LogP contribution is -2.45. The number of carbonyl (C=O) groups is 2. The average molecular weight is 239 g/mol. The summed E-state index contributed by atoms with van der Waals surface area (Å²) in [5.74, 6) is -0.265. The van der Waals surface area contributed by atoms with Crippen molar-refractivity contribution in [3.8, 4) is 6.07 Å². The number of amides is 2. The van der Waals surface area contributed by atoms with Gasteiger partial charge in [-0.3, -0.25) is 4.79 Å². The van der Waals surface area contributed by atoms with E-state index >= 15 is 0 Å². The van der Waals surface area contributed by atoms with Crippen molar-refractivity contribution < 1.29 is 14.3 Å². The first-order valence-corrected chi connectivity index (χ1v) is 5.58. The van der Waals surface area contributed by atoms with Gasteiger partial charge in [0.15, 0.2) is 6.10 Å². The second kappa shape index (κ2) is 5.04. The molecule has 0 saturated heterocycles. The number of nitriles is 1. The summed E-state index contributed by atoms with van der Waals surface area (Å²) in [7, 11) is 0. The van der Waals surface area contributed by atoms with Crippen LogP contribution in [0.1, 0.15) is 33.1 Å². The van der Waals surface area contributed by atoms with Gasteiger partial charge in [0, 0.05) is 0 Å². The molecule has 0 heterocycles. The molecule has 17 heavy (non-hydrogen) atoms. The van der Waals surface area contributed by atoms with Gasteiger partial charge in [-0.05, 0) is 25.2 Å². The van der Waals surface area contributed by atoms with Crippen molar-refractivity contribution >= 4 is 12.0 Å². The minimum Gasteiger partial charge on any atom is -0.436 e. The van der Waals surface area contributed by atoms with E-state index < -0.39 is 23.6 Å². The lowest BCUT2D eigenvalue weighted by molar-refractivity contribution is -0.130. The SMILES string of the molecule is CC(C)C[C@H](OC(N)=O)C(=O)NC1(C#N)CC1. The molecule has 0 aromatic heterocycles. The molecule has 6 heteroatoms. The van der Waals surface area contributed by atoms with Gasteiger partial charge in [0.1, 0.15) is 5.54 Å². The fourth-order valence-corrected chi connectivity index (χ4v) is 1.48. The molecule has 1 fully saturated rings. The van der Waals surface area contributed by atoms with E-state index in [0.717, 1.165) is 0 Å². The maximum absolute atomic E-state index is 11.8. The highest BCUT2D eigenvalue weighted by molar-refractivity contribution is 5.84. The van der Waals surface area contributed by atoms with Gasteiger partial charge in [-0.1, -0.05) is 13.8 Å². The molecule has 0 aromatic carbocycles. The third-order valence-electron chi connectivity index (χ3n) is 2.56. The van der Waals surface area contributed by atoms with Gasteiger partial charge < -0.3 is 15.8 Å². The number of nitrogens with zero attached hydrogens (tertiary/aromatic N) is 1. The number of hydrogen-bond acceptors (Lipinski definition) is 4. The summed E-state index contributed by atoms with van der Waals surface area (Å²) in [6, 6.07) is 2.04. The van der Waals surface area contributed by atoms with Crippen LogP contribution in [0.4, 0.5) is 4.79 Å². The first-order chi connectivity index (χ1) is 7.88. The molecular formula is C11H17N3O3. The van der Waals surface area contributed by atoms with Gasteiger partial charge in [-0.25, -0.2) is 4.79 Å². The molecule has 1 aliphatic rings. The number of primary amides is 1. The van der Waals surface area contributed by atoms with Gasteiger partial charge in [0.25, 0.3) is 5.91 Å². The van der Waals surface area contributed by atoms with Crippen LogP contribution in [0.25, 0.3) is 0 Å². The van der Waals surface area contributed by atoms with Crippen LogP contribution < -0.4 is 11.1 Å². The van der Waals surface area contributed by atoms with E-state index in [1.807, 2.05) is 19.9 Å². The Morgan fingerprint density at radius 2 is 2.12 bits per heavy atom. The summed E-state index contributed by atoms with van der Waals surface area (Å²) in [6.45, 7) is 3.81. The molecule has 6 nitrogen and oxygen atoms in total. The van der Waals surface area contributed by atoms with Crippen molar-refractivity contribution in [1.29, 1.82) is 5.26 Å². The molecule has 0 aliphatic heterocycles. The average Bonchev–Trinajstić information content (AvgIpc) is 2.96. The number of ether oxygens (including phenoxy) is 1. The summed E-state index contributed by atoms with van der Waals surface area (Å²) >= 11 is 0. The summed E-state index contributed by atoms with van der Waals surface area (Å²) < 4.78 is 4.76. The normalized spacial score (nSPS) is 18.0. The molecule has 0 aromatic rings. The minimum absolute atomic E-state index is 0.183. The largest absolute Gasteiger partial charge is 0.436 e. The van der Waals surface area contributed by atoms with Crippen LogP contribution in [-0.2, 0) is 9.53 Å². The van der Waals surface area contributed by atoms with E-state index in [-0.39, 0.29) is 5.92 Å². The van der Waals surface area contributed by atoms with Gasteiger partial charge in [0.05, 0.1) is 6.07 Å². The Morgan fingerprint density at radius 3 is 2.47 bits per heavy atom. The number of hydrogen-bond donors (Lipinski definition) is 2. The maximum atomic E-state index is 11.8. The van der Waals surface area contributed by atoms with Crippen LogP contribution in [0.15, 0.2) is 0 Å². The zero-order valence-corrected chi connectivity index (χ0v) is 10.0. The van der Waals surface area contributed by atoms with E-state index in [2.05, 4.69) is 5.32 Å². The predicted octanol–water partition coefficient (Wildman–Crippen LogP) is 0.669. The molecule has 1 atom stereocenters. The molecule has 0 bridgehead atoms. The smallest absolute Gasteiger partial charge is 0.405 e. The molecule has 3 N–H and O–H groups in total. The third kappa shape index (κ3) is 3.94. The monoisotopic (exact) mass is 239 g/mol. The van der Waals surface area contributed by atoms with E-state index in [1.54, 1.807) is 0 Å². The zero-order valence-electron chi connectivity index (χ0n) is 10.0. The Kier molecular flexibility index (Phi) is 3.94. The highest BCUT2D eigenvalue weighted by Gasteiger charge is 2.46. The van der Waals surface area contributed by atoms with E-state index in [9.17, 15) is 9.59 Å². The van der Waals surface area contributed by atoms with Gasteiger partial charge in [-0.2, -0.15) is 5.26 Å². The van der Waals surface area contributed by atoms with Crippen LogP contribution in [0.2, 0.25) is 0 Å². The molecule has 2 amide bonds. The summed E-state index contributed by atoms with van der Waals surface area (Å²) in [6.07, 6.45) is -0.234. The van der Waals surface area contributed by atoms with Crippen LogP contribution in [0, 0.1) is 17.2 Å². The first-order valence-electron chi connectivity index (χ1n) is 5.58. The predicted molar refractivity (Wildman–Crippen MR) is 59.6 cm³/mol. The molecule has 94 valence electrons. The van der Waals surface area contributed by atoms with Crippen LogP contribution in [0.5, 0.6) is 0 Å². The van der Waals surface area contributed by atoms with Gasteiger partial charge >= 0.3 is 6.09 Å². The number of nitrogens with two attached hydrogens (primary N) is 1. The zero-order chi connectivity index (χ0) is 13.1. The van der Waals surface area contributed by atoms with Gasteiger partial charge in [-0.15, -0.1) is 0 Å². The third-order valence-corrected chi connectivity index (χ3v) is 2.56. The summed E-state index contributed by atoms with van der Waals surface area (Å²) in [5.41, 5.74) is 4.16. The molecular weight excluding hydrogens is 222 g/mol. The topological polar surface area (TPSA) is 105 Å². The van der Waals surface area contributed by atoms with Crippen molar-refractivity contribution in [1.82, 2.24) is 5.32 Å². The van der Waals surface area contributed by atoms with E-state index in [0.29, 0.717) is 19.3 Å². The fourth-order valence-electron chi connectivity index (χ4n) is 1.48. The maximum Gasteiger partial charge on any atom is 0.405 e. The highest BCUT2D eigenvalue weighted by Crippen LogP contribution is 2.34. The van der Waals surface area contributed by atoms with E-state index in [1.165, 1.54) is 0 Å². The van der Waals surface area contributed by atoms with Crippen molar-refractivity contribution in [2.75, 3.05) is 0 Å². The molecule has 1 aliphatic carbocycles. The van der Waals surface area contributed by atoms with Crippen molar-refractivity contribution in [2.24, 2.45) is 11.7 Å².